The highest BCUT2D eigenvalue weighted by atomic mass is 79.9. The molecule has 21 heavy (non-hydrogen) atoms. The normalized spacial score (nSPS) is 17.7. The van der Waals surface area contributed by atoms with E-state index in [4.69, 9.17) is 0 Å². The van der Waals surface area contributed by atoms with Crippen LogP contribution in [0.4, 0.5) is 0 Å². The van der Waals surface area contributed by atoms with Crippen molar-refractivity contribution < 1.29 is 8.42 Å². The standard InChI is InChI=1S/C15H19Br2NO2S/c1-15(2,3)11-6-8-18(9-7-11)21(19,20)14-10-12(16)4-5-13(14)17/h4-6,10H,7-9H2,1-3H3. The maximum Gasteiger partial charge on any atom is 0.244 e. The van der Waals surface area contributed by atoms with Gasteiger partial charge in [-0.2, -0.15) is 4.31 Å². The first-order chi connectivity index (χ1) is 9.62. The molecular weight excluding hydrogens is 418 g/mol. The van der Waals surface area contributed by atoms with Gasteiger partial charge in [0.2, 0.25) is 10.0 Å². The highest BCUT2D eigenvalue weighted by Gasteiger charge is 2.30. The zero-order chi connectivity index (χ0) is 15.8. The lowest BCUT2D eigenvalue weighted by molar-refractivity contribution is 0.389. The lowest BCUT2D eigenvalue weighted by Crippen LogP contribution is -2.36. The average Bonchev–Trinajstić information content (AvgIpc) is 2.40. The van der Waals surface area contributed by atoms with Gasteiger partial charge in [0.25, 0.3) is 0 Å². The second-order valence-corrected chi connectivity index (χ2v) is 9.84. The molecule has 1 aliphatic rings. The summed E-state index contributed by atoms with van der Waals surface area (Å²) in [5.74, 6) is 0. The second-order valence-electron chi connectivity index (χ2n) is 6.17. The minimum Gasteiger partial charge on any atom is -0.207 e. The summed E-state index contributed by atoms with van der Waals surface area (Å²) in [7, 11) is -3.47. The predicted molar refractivity (Wildman–Crippen MR) is 92.8 cm³/mol. The van der Waals surface area contributed by atoms with Gasteiger partial charge in [0.1, 0.15) is 0 Å². The Labute approximate surface area is 143 Å². The van der Waals surface area contributed by atoms with E-state index in [0.29, 0.717) is 22.5 Å². The van der Waals surface area contributed by atoms with Gasteiger partial charge in [0.05, 0.1) is 4.90 Å². The molecule has 0 saturated heterocycles. The van der Waals surface area contributed by atoms with Gasteiger partial charge in [-0.25, -0.2) is 8.42 Å². The van der Waals surface area contributed by atoms with E-state index in [1.807, 2.05) is 12.1 Å². The number of halogens is 2. The Hall–Kier alpha value is -0.170. The number of benzene rings is 1. The van der Waals surface area contributed by atoms with Crippen LogP contribution in [0.2, 0.25) is 0 Å². The molecule has 1 aliphatic heterocycles. The molecule has 0 bridgehead atoms. The van der Waals surface area contributed by atoms with Crippen molar-refractivity contribution in [2.75, 3.05) is 13.1 Å². The van der Waals surface area contributed by atoms with E-state index in [0.717, 1.165) is 10.9 Å². The van der Waals surface area contributed by atoms with Crippen LogP contribution < -0.4 is 0 Å². The van der Waals surface area contributed by atoms with E-state index in [1.54, 1.807) is 12.1 Å². The Morgan fingerprint density at radius 2 is 1.86 bits per heavy atom. The van der Waals surface area contributed by atoms with Gasteiger partial charge in [0.15, 0.2) is 0 Å². The van der Waals surface area contributed by atoms with E-state index in [9.17, 15) is 8.42 Å². The van der Waals surface area contributed by atoms with Gasteiger partial charge in [-0.3, -0.25) is 0 Å². The molecular formula is C15H19Br2NO2S. The fourth-order valence-corrected chi connectivity index (χ4v) is 5.21. The number of hydrogen-bond donors (Lipinski definition) is 0. The Balaban J connectivity index is 2.31. The van der Waals surface area contributed by atoms with E-state index in [1.165, 1.54) is 9.88 Å². The molecule has 0 aliphatic carbocycles. The summed E-state index contributed by atoms with van der Waals surface area (Å²) >= 11 is 6.67. The summed E-state index contributed by atoms with van der Waals surface area (Å²) < 4.78 is 28.4. The highest BCUT2D eigenvalue weighted by Crippen LogP contribution is 2.33. The van der Waals surface area contributed by atoms with Crippen LogP contribution in [0.1, 0.15) is 27.2 Å². The lowest BCUT2D eigenvalue weighted by Gasteiger charge is -2.31. The molecule has 0 fully saturated rings. The van der Waals surface area contributed by atoms with Crippen molar-refractivity contribution in [3.05, 3.63) is 38.8 Å². The first-order valence-corrected chi connectivity index (χ1v) is 9.80. The summed E-state index contributed by atoms with van der Waals surface area (Å²) in [4.78, 5) is 0.310. The van der Waals surface area contributed by atoms with E-state index < -0.39 is 10.0 Å². The van der Waals surface area contributed by atoms with Gasteiger partial charge in [0, 0.05) is 22.0 Å². The van der Waals surface area contributed by atoms with Crippen molar-refractivity contribution >= 4 is 41.9 Å². The molecule has 0 aromatic heterocycles. The van der Waals surface area contributed by atoms with Crippen molar-refractivity contribution in [1.82, 2.24) is 4.31 Å². The topological polar surface area (TPSA) is 37.4 Å². The molecule has 0 radical (unpaired) electrons. The van der Waals surface area contributed by atoms with Crippen LogP contribution >= 0.6 is 31.9 Å². The lowest BCUT2D eigenvalue weighted by atomic mass is 9.83. The smallest absolute Gasteiger partial charge is 0.207 e. The summed E-state index contributed by atoms with van der Waals surface area (Å²) in [5, 5.41) is 0. The van der Waals surface area contributed by atoms with Crippen molar-refractivity contribution in [1.29, 1.82) is 0 Å². The van der Waals surface area contributed by atoms with E-state index >= 15 is 0 Å². The maximum atomic E-state index is 12.8. The van der Waals surface area contributed by atoms with Crippen LogP contribution in [0.5, 0.6) is 0 Å². The van der Waals surface area contributed by atoms with Crippen molar-refractivity contribution in [2.45, 2.75) is 32.1 Å². The number of nitrogens with zero attached hydrogens (tertiary/aromatic N) is 1. The van der Waals surface area contributed by atoms with Gasteiger partial charge in [-0.15, -0.1) is 0 Å². The summed E-state index contributed by atoms with van der Waals surface area (Å²) in [6, 6.07) is 5.21. The molecule has 2 rings (SSSR count). The Bertz CT molecular complexity index is 675. The average molecular weight is 437 g/mol. The van der Waals surface area contributed by atoms with Crippen molar-refractivity contribution in [3.8, 4) is 0 Å². The molecule has 0 saturated carbocycles. The van der Waals surface area contributed by atoms with Crippen LogP contribution in [-0.2, 0) is 10.0 Å². The quantitative estimate of drug-likeness (QED) is 0.636. The van der Waals surface area contributed by atoms with Crippen molar-refractivity contribution in [2.24, 2.45) is 5.41 Å². The van der Waals surface area contributed by atoms with E-state index in [2.05, 4.69) is 52.6 Å². The molecule has 0 N–H and O–H groups in total. The SMILES string of the molecule is CC(C)(C)C1=CCN(S(=O)(=O)c2cc(Br)ccc2Br)CC1. The van der Waals surface area contributed by atoms with Crippen molar-refractivity contribution in [3.63, 3.8) is 0 Å². The Kier molecular flexibility index (Phi) is 5.03. The largest absolute Gasteiger partial charge is 0.244 e. The first-order valence-electron chi connectivity index (χ1n) is 6.77. The highest BCUT2D eigenvalue weighted by molar-refractivity contribution is 9.11. The molecule has 0 amide bonds. The van der Waals surface area contributed by atoms with Gasteiger partial charge >= 0.3 is 0 Å². The molecule has 1 aromatic rings. The molecule has 0 spiro atoms. The van der Waals surface area contributed by atoms with E-state index in [-0.39, 0.29) is 5.41 Å². The third-order valence-electron chi connectivity index (χ3n) is 3.65. The van der Waals surface area contributed by atoms with Crippen LogP contribution in [-0.4, -0.2) is 25.8 Å². The third kappa shape index (κ3) is 3.78. The molecule has 1 heterocycles. The van der Waals surface area contributed by atoms with Gasteiger partial charge < -0.3 is 0 Å². The number of hydrogen-bond acceptors (Lipinski definition) is 2. The summed E-state index contributed by atoms with van der Waals surface area (Å²) in [5.41, 5.74) is 1.42. The molecule has 3 nitrogen and oxygen atoms in total. The zero-order valence-electron chi connectivity index (χ0n) is 12.4. The number of rotatable bonds is 2. The second kappa shape index (κ2) is 6.14. The number of sulfonamides is 1. The Morgan fingerprint density at radius 3 is 2.38 bits per heavy atom. The maximum absolute atomic E-state index is 12.8. The van der Waals surface area contributed by atoms with Crippen LogP contribution in [0.25, 0.3) is 0 Å². The zero-order valence-corrected chi connectivity index (χ0v) is 16.3. The van der Waals surface area contributed by atoms with Gasteiger partial charge in [-0.05, 0) is 46.0 Å². The fourth-order valence-electron chi connectivity index (χ4n) is 2.36. The summed E-state index contributed by atoms with van der Waals surface area (Å²) in [6.07, 6.45) is 2.83. The fraction of sp³-hybridized carbons (Fsp3) is 0.467. The molecule has 6 heteroatoms. The molecule has 0 unspecified atom stereocenters. The van der Waals surface area contributed by atoms with Crippen LogP contribution in [0.3, 0.4) is 0 Å². The summed E-state index contributed by atoms with van der Waals surface area (Å²) in [6.45, 7) is 7.45. The van der Waals surface area contributed by atoms with Crippen LogP contribution in [0, 0.1) is 5.41 Å². The minimum atomic E-state index is -3.47. The minimum absolute atomic E-state index is 0.103. The molecule has 1 aromatic carbocycles. The first kappa shape index (κ1) is 17.2. The van der Waals surface area contributed by atoms with Crippen LogP contribution in [0.15, 0.2) is 43.7 Å². The Morgan fingerprint density at radius 1 is 1.19 bits per heavy atom. The molecule has 0 atom stereocenters. The predicted octanol–water partition coefficient (Wildman–Crippen LogP) is 4.58. The van der Waals surface area contributed by atoms with Gasteiger partial charge in [-0.1, -0.05) is 48.4 Å². The monoisotopic (exact) mass is 435 g/mol. The third-order valence-corrected chi connectivity index (χ3v) is 7.00. The molecule has 116 valence electrons.